The number of halogens is 3. The molecule has 0 fully saturated rings. The van der Waals surface area contributed by atoms with Crippen LogP contribution >= 0.6 is 0 Å². The van der Waals surface area contributed by atoms with E-state index in [9.17, 15) is 18.0 Å². The molecule has 0 aliphatic carbocycles. The lowest BCUT2D eigenvalue weighted by atomic mass is 10.2. The van der Waals surface area contributed by atoms with Gasteiger partial charge in [0.25, 0.3) is 5.91 Å². The van der Waals surface area contributed by atoms with Crippen molar-refractivity contribution in [2.24, 2.45) is 0 Å². The predicted octanol–water partition coefficient (Wildman–Crippen LogP) is 4.06. The fourth-order valence-electron chi connectivity index (χ4n) is 2.40. The summed E-state index contributed by atoms with van der Waals surface area (Å²) in [6, 6.07) is 11.2. The highest BCUT2D eigenvalue weighted by Gasteiger charge is 2.30. The Morgan fingerprint density at radius 1 is 1.07 bits per heavy atom. The Labute approximate surface area is 158 Å². The van der Waals surface area contributed by atoms with Crippen molar-refractivity contribution in [3.63, 3.8) is 0 Å². The Kier molecular flexibility index (Phi) is 5.53. The van der Waals surface area contributed by atoms with E-state index in [0.29, 0.717) is 18.2 Å². The molecule has 2 heterocycles. The maximum absolute atomic E-state index is 12.6. The van der Waals surface area contributed by atoms with E-state index in [2.05, 4.69) is 25.6 Å². The van der Waals surface area contributed by atoms with Gasteiger partial charge in [0.05, 0.1) is 17.8 Å². The second-order valence-electron chi connectivity index (χ2n) is 5.89. The van der Waals surface area contributed by atoms with Crippen LogP contribution in [0.1, 0.15) is 27.6 Å². The number of carbonyl (C=O) groups excluding carboxylic acids is 1. The number of alkyl halides is 3. The Morgan fingerprint density at radius 2 is 1.82 bits per heavy atom. The zero-order valence-electron chi connectivity index (χ0n) is 14.8. The summed E-state index contributed by atoms with van der Waals surface area (Å²) in [6.45, 7) is 2.05. The third-order valence-corrected chi connectivity index (χ3v) is 3.72. The molecule has 0 unspecified atom stereocenters. The maximum Gasteiger partial charge on any atom is 0.416 e. The molecule has 28 heavy (non-hydrogen) atoms. The summed E-state index contributed by atoms with van der Waals surface area (Å²) < 4.78 is 37.8. The number of nitrogens with one attached hydrogen (secondary N) is 2. The molecule has 0 atom stereocenters. The van der Waals surface area contributed by atoms with Crippen LogP contribution in [0.3, 0.4) is 0 Å². The summed E-state index contributed by atoms with van der Waals surface area (Å²) in [7, 11) is 0. The molecule has 2 aromatic heterocycles. The fourth-order valence-corrected chi connectivity index (χ4v) is 2.40. The molecule has 144 valence electrons. The Hall–Kier alpha value is -3.49. The molecule has 0 radical (unpaired) electrons. The first-order valence-corrected chi connectivity index (χ1v) is 8.29. The summed E-state index contributed by atoms with van der Waals surface area (Å²) in [5.41, 5.74) is 0.340. The van der Waals surface area contributed by atoms with Crippen LogP contribution < -0.4 is 10.6 Å². The van der Waals surface area contributed by atoms with Crippen LogP contribution in [0.25, 0.3) is 0 Å². The molecular formula is C19H16F3N5O. The predicted molar refractivity (Wildman–Crippen MR) is 97.7 cm³/mol. The van der Waals surface area contributed by atoms with Gasteiger partial charge in [-0.2, -0.15) is 13.2 Å². The first kappa shape index (κ1) is 19.3. The second-order valence-corrected chi connectivity index (χ2v) is 5.89. The monoisotopic (exact) mass is 387 g/mol. The van der Waals surface area contributed by atoms with Crippen molar-refractivity contribution < 1.29 is 18.0 Å². The molecule has 1 amide bonds. The highest BCUT2D eigenvalue weighted by atomic mass is 19.4. The topological polar surface area (TPSA) is 79.8 Å². The zero-order chi connectivity index (χ0) is 20.1. The lowest BCUT2D eigenvalue weighted by molar-refractivity contribution is -0.137. The van der Waals surface area contributed by atoms with E-state index in [-0.39, 0.29) is 11.4 Å². The number of pyridine rings is 1. The average Bonchev–Trinajstić information content (AvgIpc) is 2.66. The molecule has 0 saturated carbocycles. The van der Waals surface area contributed by atoms with Crippen LogP contribution in [0.5, 0.6) is 0 Å². The minimum Gasteiger partial charge on any atom is -0.364 e. The van der Waals surface area contributed by atoms with Crippen LogP contribution in [0, 0.1) is 6.92 Å². The Morgan fingerprint density at radius 3 is 2.46 bits per heavy atom. The number of rotatable bonds is 5. The minimum absolute atomic E-state index is 0.0934. The van der Waals surface area contributed by atoms with Gasteiger partial charge < -0.3 is 10.6 Å². The van der Waals surface area contributed by atoms with Gasteiger partial charge in [-0.25, -0.2) is 9.97 Å². The van der Waals surface area contributed by atoms with Crippen LogP contribution in [0.15, 0.2) is 54.7 Å². The summed E-state index contributed by atoms with van der Waals surface area (Å²) >= 11 is 0. The molecular weight excluding hydrogens is 371 g/mol. The smallest absolute Gasteiger partial charge is 0.364 e. The molecule has 0 aliphatic heterocycles. The largest absolute Gasteiger partial charge is 0.416 e. The Bertz CT molecular complexity index is 960. The minimum atomic E-state index is -4.43. The fraction of sp³-hybridized carbons (Fsp3) is 0.158. The number of benzene rings is 1. The Balaban J connectivity index is 1.70. The zero-order valence-corrected chi connectivity index (χ0v) is 14.8. The van der Waals surface area contributed by atoms with E-state index in [4.69, 9.17) is 0 Å². The second kappa shape index (κ2) is 8.03. The van der Waals surface area contributed by atoms with Crippen molar-refractivity contribution in [3.8, 4) is 0 Å². The molecule has 0 spiro atoms. The summed E-state index contributed by atoms with van der Waals surface area (Å²) in [4.78, 5) is 24.9. The highest BCUT2D eigenvalue weighted by molar-refractivity contribution is 6.03. The number of carbonyl (C=O) groups is 1. The van der Waals surface area contributed by atoms with Crippen molar-refractivity contribution in [1.29, 1.82) is 0 Å². The SMILES string of the molecule is Cc1nc(NCc2ccccn2)cc(C(=O)Nc2ccc(C(F)(F)F)cc2)n1. The van der Waals surface area contributed by atoms with Gasteiger partial charge in [0.15, 0.2) is 0 Å². The van der Waals surface area contributed by atoms with Crippen molar-refractivity contribution in [3.05, 3.63) is 77.5 Å². The van der Waals surface area contributed by atoms with Gasteiger partial charge in [-0.05, 0) is 43.3 Å². The number of aromatic nitrogens is 3. The third-order valence-electron chi connectivity index (χ3n) is 3.72. The van der Waals surface area contributed by atoms with Gasteiger partial charge in [0.1, 0.15) is 17.3 Å². The van der Waals surface area contributed by atoms with Gasteiger partial charge in [-0.1, -0.05) is 6.07 Å². The number of hydrogen-bond donors (Lipinski definition) is 2. The number of anilines is 2. The van der Waals surface area contributed by atoms with Crippen molar-refractivity contribution in [2.45, 2.75) is 19.6 Å². The van der Waals surface area contributed by atoms with Gasteiger partial charge >= 0.3 is 6.18 Å². The van der Waals surface area contributed by atoms with E-state index in [0.717, 1.165) is 17.8 Å². The molecule has 9 heteroatoms. The standard InChI is InChI=1S/C19H16F3N5O/c1-12-25-16(10-17(26-12)24-11-15-4-2-3-9-23-15)18(28)27-14-7-5-13(6-8-14)19(20,21)22/h2-10H,11H2,1H3,(H,27,28)(H,24,25,26). The first-order chi connectivity index (χ1) is 13.3. The van der Waals surface area contributed by atoms with Crippen LogP contribution in [0.4, 0.5) is 24.7 Å². The molecule has 6 nitrogen and oxygen atoms in total. The molecule has 0 bridgehead atoms. The number of amides is 1. The molecule has 3 rings (SSSR count). The van der Waals surface area contributed by atoms with Crippen LogP contribution in [0.2, 0.25) is 0 Å². The molecule has 1 aromatic carbocycles. The lowest BCUT2D eigenvalue weighted by Crippen LogP contribution is -2.16. The van der Waals surface area contributed by atoms with E-state index in [1.54, 1.807) is 13.1 Å². The van der Waals surface area contributed by atoms with Gasteiger partial charge in [-0.3, -0.25) is 9.78 Å². The molecule has 0 aliphatic rings. The molecule has 2 N–H and O–H groups in total. The van der Waals surface area contributed by atoms with Crippen molar-refractivity contribution in [2.75, 3.05) is 10.6 Å². The van der Waals surface area contributed by atoms with Crippen LogP contribution in [-0.2, 0) is 12.7 Å². The van der Waals surface area contributed by atoms with Crippen LogP contribution in [-0.4, -0.2) is 20.9 Å². The summed E-state index contributed by atoms with van der Waals surface area (Å²) in [5.74, 6) is 0.269. The number of nitrogens with zero attached hydrogens (tertiary/aromatic N) is 3. The van der Waals surface area contributed by atoms with Gasteiger partial charge in [-0.15, -0.1) is 0 Å². The quantitative estimate of drug-likeness (QED) is 0.690. The lowest BCUT2D eigenvalue weighted by Gasteiger charge is -2.10. The van der Waals surface area contributed by atoms with Crippen molar-refractivity contribution in [1.82, 2.24) is 15.0 Å². The normalized spacial score (nSPS) is 11.1. The number of hydrogen-bond acceptors (Lipinski definition) is 5. The van der Waals surface area contributed by atoms with E-state index in [1.165, 1.54) is 18.2 Å². The van der Waals surface area contributed by atoms with E-state index < -0.39 is 17.6 Å². The summed E-state index contributed by atoms with van der Waals surface area (Å²) in [6.07, 6.45) is -2.76. The first-order valence-electron chi connectivity index (χ1n) is 8.29. The van der Waals surface area contributed by atoms with E-state index in [1.807, 2.05) is 18.2 Å². The van der Waals surface area contributed by atoms with Gasteiger partial charge in [0, 0.05) is 18.0 Å². The van der Waals surface area contributed by atoms with Gasteiger partial charge in [0.2, 0.25) is 0 Å². The maximum atomic E-state index is 12.6. The average molecular weight is 387 g/mol. The summed E-state index contributed by atoms with van der Waals surface area (Å²) in [5, 5.41) is 5.59. The molecule has 0 saturated heterocycles. The number of aryl methyl sites for hydroxylation is 1. The van der Waals surface area contributed by atoms with Crippen molar-refractivity contribution >= 4 is 17.4 Å². The third kappa shape index (κ3) is 5.03. The van der Waals surface area contributed by atoms with E-state index >= 15 is 0 Å². The molecule has 3 aromatic rings. The highest BCUT2D eigenvalue weighted by Crippen LogP contribution is 2.29.